The van der Waals surface area contributed by atoms with Crippen LogP contribution in [0, 0.1) is 0 Å². The van der Waals surface area contributed by atoms with Gasteiger partial charge >= 0.3 is 0 Å². The predicted molar refractivity (Wildman–Crippen MR) is 75.3 cm³/mol. The zero-order valence-electron chi connectivity index (χ0n) is 10.7. The molecule has 0 aromatic heterocycles. The Balaban J connectivity index is 2.47. The molecule has 0 radical (unpaired) electrons. The molecule has 5 nitrogen and oxygen atoms in total. The second kappa shape index (κ2) is 6.38. The summed E-state index contributed by atoms with van der Waals surface area (Å²) >= 11 is 5.80. The van der Waals surface area contributed by atoms with Crippen molar-refractivity contribution >= 4 is 27.5 Å². The largest absolute Gasteiger partial charge is 0.373 e. The van der Waals surface area contributed by atoms with Gasteiger partial charge in [0.2, 0.25) is 0 Å². The average molecular weight is 292 g/mol. The number of rotatable bonds is 6. The highest BCUT2D eigenvalue weighted by molar-refractivity contribution is 7.87. The monoisotopic (exact) mass is 291 g/mol. The standard InChI is InChI=1S/C11H18ClN3O2S/c1-14(2)18(16,17)13-8-9-15(3)11-6-4-10(12)5-7-11/h4-7,13H,8-9H2,1-3H3. The summed E-state index contributed by atoms with van der Waals surface area (Å²) in [5, 5.41) is 0.681. The average Bonchev–Trinajstić information content (AvgIpc) is 2.29. The number of benzene rings is 1. The minimum absolute atomic E-state index is 0.347. The zero-order valence-corrected chi connectivity index (χ0v) is 12.3. The molecule has 0 amide bonds. The van der Waals surface area contributed by atoms with Crippen LogP contribution in [0.25, 0.3) is 0 Å². The molecule has 0 aliphatic heterocycles. The summed E-state index contributed by atoms with van der Waals surface area (Å²) in [5.41, 5.74) is 0.989. The summed E-state index contributed by atoms with van der Waals surface area (Å²) in [6, 6.07) is 7.39. The summed E-state index contributed by atoms with van der Waals surface area (Å²) in [6.45, 7) is 0.925. The molecule has 1 N–H and O–H groups in total. The molecule has 1 rings (SSSR count). The maximum absolute atomic E-state index is 11.5. The highest BCUT2D eigenvalue weighted by Crippen LogP contribution is 2.16. The van der Waals surface area contributed by atoms with Gasteiger partial charge in [-0.05, 0) is 24.3 Å². The molecule has 0 spiro atoms. The van der Waals surface area contributed by atoms with E-state index >= 15 is 0 Å². The third-order valence-electron chi connectivity index (χ3n) is 2.48. The van der Waals surface area contributed by atoms with E-state index < -0.39 is 10.2 Å². The fourth-order valence-electron chi connectivity index (χ4n) is 1.30. The highest BCUT2D eigenvalue weighted by atomic mass is 35.5. The van der Waals surface area contributed by atoms with Crippen LogP contribution in [0.15, 0.2) is 24.3 Å². The lowest BCUT2D eigenvalue weighted by Gasteiger charge is -2.20. The van der Waals surface area contributed by atoms with Crippen LogP contribution in [0.3, 0.4) is 0 Å². The molecular formula is C11H18ClN3O2S. The Bertz CT molecular complexity index is 474. The molecule has 102 valence electrons. The zero-order chi connectivity index (χ0) is 13.8. The first-order valence-electron chi connectivity index (χ1n) is 5.47. The number of hydrogen-bond acceptors (Lipinski definition) is 3. The molecule has 7 heteroatoms. The van der Waals surface area contributed by atoms with Crippen molar-refractivity contribution in [2.45, 2.75) is 0 Å². The van der Waals surface area contributed by atoms with Gasteiger partial charge in [0.15, 0.2) is 0 Å². The van der Waals surface area contributed by atoms with Crippen LogP contribution in [-0.4, -0.2) is 47.0 Å². The second-order valence-corrected chi connectivity index (χ2v) is 6.49. The molecule has 1 aromatic rings. The van der Waals surface area contributed by atoms with Crippen molar-refractivity contribution < 1.29 is 8.42 Å². The molecule has 0 heterocycles. The lowest BCUT2D eigenvalue weighted by Crippen LogP contribution is -2.39. The van der Waals surface area contributed by atoms with E-state index in [9.17, 15) is 8.42 Å². The lowest BCUT2D eigenvalue weighted by atomic mass is 10.3. The van der Waals surface area contributed by atoms with E-state index in [0.717, 1.165) is 9.99 Å². The fourth-order valence-corrected chi connectivity index (χ4v) is 2.03. The molecular weight excluding hydrogens is 274 g/mol. The molecule has 18 heavy (non-hydrogen) atoms. The van der Waals surface area contributed by atoms with Gasteiger partial charge in [0.25, 0.3) is 10.2 Å². The van der Waals surface area contributed by atoms with Crippen LogP contribution in [0.5, 0.6) is 0 Å². The third-order valence-corrected chi connectivity index (χ3v) is 4.26. The molecule has 0 saturated heterocycles. The molecule has 0 atom stereocenters. The number of likely N-dealkylation sites (N-methyl/N-ethyl adjacent to an activating group) is 1. The number of halogens is 1. The fraction of sp³-hybridized carbons (Fsp3) is 0.455. The molecule has 0 aliphatic carbocycles. The quantitative estimate of drug-likeness (QED) is 0.856. The van der Waals surface area contributed by atoms with Crippen LogP contribution < -0.4 is 9.62 Å². The normalized spacial score (nSPS) is 11.8. The van der Waals surface area contributed by atoms with Gasteiger partial charge in [-0.25, -0.2) is 4.72 Å². The highest BCUT2D eigenvalue weighted by Gasteiger charge is 2.12. The van der Waals surface area contributed by atoms with E-state index in [1.165, 1.54) is 14.1 Å². The maximum atomic E-state index is 11.5. The van der Waals surface area contributed by atoms with Gasteiger partial charge in [-0.2, -0.15) is 12.7 Å². The second-order valence-electron chi connectivity index (χ2n) is 4.08. The molecule has 1 aromatic carbocycles. The van der Waals surface area contributed by atoms with Crippen LogP contribution in [0.4, 0.5) is 5.69 Å². The van der Waals surface area contributed by atoms with Crippen LogP contribution in [0.2, 0.25) is 5.02 Å². The van der Waals surface area contributed by atoms with Gasteiger partial charge in [0.05, 0.1) is 0 Å². The first-order valence-corrected chi connectivity index (χ1v) is 7.28. The van der Waals surface area contributed by atoms with E-state index in [1.807, 2.05) is 24.1 Å². The van der Waals surface area contributed by atoms with E-state index in [-0.39, 0.29) is 0 Å². The van der Waals surface area contributed by atoms with Gasteiger partial charge in [0.1, 0.15) is 0 Å². The lowest BCUT2D eigenvalue weighted by molar-refractivity contribution is 0.506. The first kappa shape index (κ1) is 15.2. The Labute approximate surface area is 114 Å². The molecule has 0 fully saturated rings. The Morgan fingerprint density at radius 2 is 1.72 bits per heavy atom. The summed E-state index contributed by atoms with van der Waals surface area (Å²) in [5.74, 6) is 0. The Hall–Kier alpha value is -0.820. The minimum atomic E-state index is -3.35. The first-order chi connectivity index (χ1) is 8.33. The van der Waals surface area contributed by atoms with Crippen molar-refractivity contribution in [1.82, 2.24) is 9.03 Å². The summed E-state index contributed by atoms with van der Waals surface area (Å²) in [4.78, 5) is 1.95. The van der Waals surface area contributed by atoms with Gasteiger partial charge in [-0.15, -0.1) is 0 Å². The van der Waals surface area contributed by atoms with Crippen molar-refractivity contribution in [1.29, 1.82) is 0 Å². The van der Waals surface area contributed by atoms with Crippen molar-refractivity contribution in [2.24, 2.45) is 0 Å². The molecule has 0 unspecified atom stereocenters. The minimum Gasteiger partial charge on any atom is -0.373 e. The number of anilines is 1. The topological polar surface area (TPSA) is 52.7 Å². The van der Waals surface area contributed by atoms with Crippen LogP contribution >= 0.6 is 11.6 Å². The molecule has 0 saturated carbocycles. The van der Waals surface area contributed by atoms with E-state index in [2.05, 4.69) is 4.72 Å². The van der Waals surface area contributed by atoms with Crippen molar-refractivity contribution in [3.8, 4) is 0 Å². The third kappa shape index (κ3) is 4.45. The van der Waals surface area contributed by atoms with Crippen molar-refractivity contribution in [3.63, 3.8) is 0 Å². The van der Waals surface area contributed by atoms with E-state index in [0.29, 0.717) is 18.1 Å². The van der Waals surface area contributed by atoms with E-state index in [1.54, 1.807) is 12.1 Å². The Morgan fingerprint density at radius 1 is 1.17 bits per heavy atom. The van der Waals surface area contributed by atoms with Crippen LogP contribution in [0.1, 0.15) is 0 Å². The Morgan fingerprint density at radius 3 is 2.22 bits per heavy atom. The number of nitrogens with zero attached hydrogens (tertiary/aromatic N) is 2. The van der Waals surface area contributed by atoms with Crippen LogP contribution in [-0.2, 0) is 10.2 Å². The van der Waals surface area contributed by atoms with Gasteiger partial charge in [-0.1, -0.05) is 11.6 Å². The van der Waals surface area contributed by atoms with Crippen molar-refractivity contribution in [2.75, 3.05) is 39.1 Å². The molecule has 0 aliphatic rings. The van der Waals surface area contributed by atoms with Gasteiger partial charge < -0.3 is 4.90 Å². The summed E-state index contributed by atoms with van der Waals surface area (Å²) in [7, 11) is 1.53. The smallest absolute Gasteiger partial charge is 0.278 e. The van der Waals surface area contributed by atoms with Crippen molar-refractivity contribution in [3.05, 3.63) is 29.3 Å². The maximum Gasteiger partial charge on any atom is 0.278 e. The number of nitrogens with one attached hydrogen (secondary N) is 1. The number of hydrogen-bond donors (Lipinski definition) is 1. The van der Waals surface area contributed by atoms with E-state index in [4.69, 9.17) is 11.6 Å². The summed E-state index contributed by atoms with van der Waals surface area (Å²) in [6.07, 6.45) is 0. The Kier molecular flexibility index (Phi) is 5.40. The SMILES string of the molecule is CN(CCNS(=O)(=O)N(C)C)c1ccc(Cl)cc1. The van der Waals surface area contributed by atoms with Gasteiger partial charge in [0, 0.05) is 44.9 Å². The summed E-state index contributed by atoms with van der Waals surface area (Å²) < 4.78 is 26.6. The molecule has 0 bridgehead atoms. The predicted octanol–water partition coefficient (Wildman–Crippen LogP) is 1.17. The van der Waals surface area contributed by atoms with Gasteiger partial charge in [-0.3, -0.25) is 0 Å².